The van der Waals surface area contributed by atoms with Crippen molar-refractivity contribution in [1.82, 2.24) is 0 Å². The Balaban J connectivity index is 2.79. The zero-order chi connectivity index (χ0) is 11.4. The zero-order valence-corrected chi connectivity index (χ0v) is 9.17. The fourth-order valence-corrected chi connectivity index (χ4v) is 1.32. The van der Waals surface area contributed by atoms with Gasteiger partial charge < -0.3 is 20.0 Å². The van der Waals surface area contributed by atoms with Gasteiger partial charge in [0.05, 0.1) is 24.1 Å². The number of rotatable bonds is 4. The van der Waals surface area contributed by atoms with E-state index in [9.17, 15) is 9.90 Å². The normalized spacial score (nSPS) is 11.9. The molecule has 4 nitrogen and oxygen atoms in total. The molecule has 0 aliphatic rings. The summed E-state index contributed by atoms with van der Waals surface area (Å²) < 4.78 is 4.96. The van der Waals surface area contributed by atoms with E-state index in [-0.39, 0.29) is 0 Å². The lowest BCUT2D eigenvalue weighted by atomic mass is 10.2. The summed E-state index contributed by atoms with van der Waals surface area (Å²) in [6, 6.07) is 4.17. The third kappa shape index (κ3) is 3.02. The number of anilines is 1. The van der Waals surface area contributed by atoms with Crippen molar-refractivity contribution < 1.29 is 14.6 Å². The van der Waals surface area contributed by atoms with Crippen molar-refractivity contribution in [3.8, 4) is 5.75 Å². The molecule has 0 aromatic heterocycles. The minimum Gasteiger partial charge on any atom is -0.548 e. The van der Waals surface area contributed by atoms with Gasteiger partial charge in [0.25, 0.3) is 0 Å². The van der Waals surface area contributed by atoms with E-state index in [2.05, 4.69) is 5.32 Å². The third-order valence-corrected chi connectivity index (χ3v) is 2.18. The van der Waals surface area contributed by atoms with Gasteiger partial charge in [0.2, 0.25) is 0 Å². The van der Waals surface area contributed by atoms with Crippen LogP contribution >= 0.6 is 11.6 Å². The fraction of sp³-hybridized carbons (Fsp3) is 0.300. The van der Waals surface area contributed by atoms with Crippen molar-refractivity contribution in [3.05, 3.63) is 23.2 Å². The van der Waals surface area contributed by atoms with E-state index in [1.54, 1.807) is 18.2 Å². The number of hydrogen-bond donors (Lipinski definition) is 1. The molecule has 0 aliphatic heterocycles. The Bertz CT molecular complexity index is 368. The van der Waals surface area contributed by atoms with E-state index >= 15 is 0 Å². The smallest absolute Gasteiger partial charge is 0.137 e. The summed E-state index contributed by atoms with van der Waals surface area (Å²) >= 11 is 5.86. The molecule has 15 heavy (non-hydrogen) atoms. The molecule has 1 N–H and O–H groups in total. The van der Waals surface area contributed by atoms with Crippen LogP contribution in [-0.4, -0.2) is 19.1 Å². The Labute approximate surface area is 92.8 Å². The lowest BCUT2D eigenvalue weighted by Gasteiger charge is -2.16. The van der Waals surface area contributed by atoms with Crippen LogP contribution in [0.1, 0.15) is 6.92 Å². The van der Waals surface area contributed by atoms with Crippen molar-refractivity contribution in [2.24, 2.45) is 0 Å². The second-order valence-corrected chi connectivity index (χ2v) is 3.44. The average molecular weight is 229 g/mol. The molecule has 82 valence electrons. The number of aliphatic carboxylic acids is 1. The first-order valence-electron chi connectivity index (χ1n) is 4.35. The Morgan fingerprint density at radius 2 is 2.27 bits per heavy atom. The molecule has 0 bridgehead atoms. The molecule has 0 amide bonds. The highest BCUT2D eigenvalue weighted by atomic mass is 35.5. The van der Waals surface area contributed by atoms with Gasteiger partial charge in [-0.25, -0.2) is 0 Å². The van der Waals surface area contributed by atoms with Crippen LogP contribution in [0.3, 0.4) is 0 Å². The van der Waals surface area contributed by atoms with Crippen molar-refractivity contribution in [2.75, 3.05) is 12.4 Å². The van der Waals surface area contributed by atoms with Gasteiger partial charge >= 0.3 is 0 Å². The quantitative estimate of drug-likeness (QED) is 0.832. The van der Waals surface area contributed by atoms with E-state index in [1.807, 2.05) is 0 Å². The largest absolute Gasteiger partial charge is 0.548 e. The van der Waals surface area contributed by atoms with Crippen LogP contribution < -0.4 is 15.2 Å². The lowest BCUT2D eigenvalue weighted by molar-refractivity contribution is -0.306. The molecule has 0 unspecified atom stereocenters. The van der Waals surface area contributed by atoms with Crippen LogP contribution in [0.25, 0.3) is 0 Å². The average Bonchev–Trinajstić information content (AvgIpc) is 2.18. The number of halogens is 1. The Morgan fingerprint density at radius 1 is 1.60 bits per heavy atom. The van der Waals surface area contributed by atoms with Crippen LogP contribution in [0.4, 0.5) is 5.69 Å². The first-order valence-corrected chi connectivity index (χ1v) is 4.73. The summed E-state index contributed by atoms with van der Waals surface area (Å²) in [5, 5.41) is 13.6. The second-order valence-electron chi connectivity index (χ2n) is 3.03. The van der Waals surface area contributed by atoms with Gasteiger partial charge in [0.1, 0.15) is 5.75 Å². The number of methoxy groups -OCH3 is 1. The second kappa shape index (κ2) is 4.89. The van der Waals surface area contributed by atoms with E-state index in [0.29, 0.717) is 16.5 Å². The molecular weight excluding hydrogens is 218 g/mol. The van der Waals surface area contributed by atoms with Crippen LogP contribution in [0, 0.1) is 0 Å². The van der Waals surface area contributed by atoms with E-state index in [1.165, 1.54) is 14.0 Å². The summed E-state index contributed by atoms with van der Waals surface area (Å²) in [7, 11) is 1.51. The molecule has 0 heterocycles. The minimum atomic E-state index is -1.16. The third-order valence-electron chi connectivity index (χ3n) is 1.89. The summed E-state index contributed by atoms with van der Waals surface area (Å²) in [4.78, 5) is 10.5. The Hall–Kier alpha value is -1.42. The minimum absolute atomic E-state index is 0.424. The van der Waals surface area contributed by atoms with Crippen molar-refractivity contribution in [2.45, 2.75) is 13.0 Å². The molecule has 5 heteroatoms. The van der Waals surface area contributed by atoms with E-state index < -0.39 is 12.0 Å². The molecule has 0 saturated heterocycles. The first kappa shape index (κ1) is 11.7. The van der Waals surface area contributed by atoms with Gasteiger partial charge in [-0.15, -0.1) is 0 Å². The van der Waals surface area contributed by atoms with Crippen molar-refractivity contribution in [1.29, 1.82) is 0 Å². The predicted molar refractivity (Wildman–Crippen MR) is 56.1 cm³/mol. The Morgan fingerprint density at radius 3 is 2.73 bits per heavy atom. The maximum Gasteiger partial charge on any atom is 0.137 e. The SMILES string of the molecule is COc1ccc(N[C@H](C)C(=O)[O-])cc1Cl. The number of carbonyl (C=O) groups excluding carboxylic acids is 1. The number of nitrogens with one attached hydrogen (secondary N) is 1. The van der Waals surface area contributed by atoms with Crippen LogP contribution in [0.15, 0.2) is 18.2 Å². The van der Waals surface area contributed by atoms with Gasteiger partial charge in [0, 0.05) is 5.69 Å². The van der Waals surface area contributed by atoms with E-state index in [0.717, 1.165) is 0 Å². The van der Waals surface area contributed by atoms with Gasteiger partial charge in [-0.05, 0) is 25.1 Å². The maximum absolute atomic E-state index is 10.5. The molecule has 0 radical (unpaired) electrons. The molecule has 0 aliphatic carbocycles. The molecule has 0 saturated carbocycles. The predicted octanol–water partition coefficient (Wildman–Crippen LogP) is 0.899. The highest BCUT2D eigenvalue weighted by Gasteiger charge is 2.05. The molecule has 1 aromatic carbocycles. The van der Waals surface area contributed by atoms with Crippen molar-refractivity contribution >= 4 is 23.3 Å². The van der Waals surface area contributed by atoms with Gasteiger partial charge in [-0.1, -0.05) is 11.6 Å². The summed E-state index contributed by atoms with van der Waals surface area (Å²) in [5.41, 5.74) is 0.609. The number of carboxylic acid groups (broad SMARTS) is 1. The van der Waals surface area contributed by atoms with Gasteiger partial charge in [-0.2, -0.15) is 0 Å². The summed E-state index contributed by atoms with van der Waals surface area (Å²) in [5.74, 6) is -0.620. The topological polar surface area (TPSA) is 61.4 Å². The lowest BCUT2D eigenvalue weighted by Crippen LogP contribution is -2.38. The van der Waals surface area contributed by atoms with Crippen LogP contribution in [-0.2, 0) is 4.79 Å². The number of benzene rings is 1. The van der Waals surface area contributed by atoms with E-state index in [4.69, 9.17) is 16.3 Å². The van der Waals surface area contributed by atoms with Crippen LogP contribution in [0.5, 0.6) is 5.75 Å². The van der Waals surface area contributed by atoms with Crippen LogP contribution in [0.2, 0.25) is 5.02 Å². The van der Waals surface area contributed by atoms with Crippen molar-refractivity contribution in [3.63, 3.8) is 0 Å². The molecule has 0 spiro atoms. The maximum atomic E-state index is 10.5. The monoisotopic (exact) mass is 228 g/mol. The molecule has 1 aromatic rings. The fourth-order valence-electron chi connectivity index (χ4n) is 1.07. The summed E-state index contributed by atoms with van der Waals surface area (Å²) in [6.45, 7) is 1.49. The van der Waals surface area contributed by atoms with Gasteiger partial charge in [0.15, 0.2) is 0 Å². The molecule has 1 atom stereocenters. The highest BCUT2D eigenvalue weighted by molar-refractivity contribution is 6.32. The first-order chi connectivity index (χ1) is 7.04. The number of hydrogen-bond acceptors (Lipinski definition) is 4. The number of carbonyl (C=O) groups is 1. The standard InChI is InChI=1S/C10H12ClNO3/c1-6(10(13)14)12-7-3-4-9(15-2)8(11)5-7/h3-6,12H,1-2H3,(H,13,14)/p-1/t6-/m1/s1. The molecule has 1 rings (SSSR count). The highest BCUT2D eigenvalue weighted by Crippen LogP contribution is 2.27. The number of ether oxygens (including phenoxy) is 1. The number of carboxylic acids is 1. The molecular formula is C10H11ClNO3-. The molecule has 0 fully saturated rings. The summed E-state index contributed by atoms with van der Waals surface area (Å²) in [6.07, 6.45) is 0. The Kier molecular flexibility index (Phi) is 3.80. The van der Waals surface area contributed by atoms with Gasteiger partial charge in [-0.3, -0.25) is 0 Å². The zero-order valence-electron chi connectivity index (χ0n) is 8.41.